The molecule has 1 aromatic carbocycles. The van der Waals surface area contributed by atoms with Crippen molar-refractivity contribution in [3.63, 3.8) is 0 Å². The van der Waals surface area contributed by atoms with E-state index in [9.17, 15) is 4.79 Å². The van der Waals surface area contributed by atoms with Crippen molar-refractivity contribution in [2.24, 2.45) is 0 Å². The monoisotopic (exact) mass is 235 g/mol. The topological polar surface area (TPSA) is 49.8 Å². The lowest BCUT2D eigenvalue weighted by molar-refractivity contribution is 0.0384. The normalized spacial score (nSPS) is 20.3. The number of anilines is 1. The zero-order chi connectivity index (χ0) is 12.3. The van der Waals surface area contributed by atoms with Gasteiger partial charge in [0.25, 0.3) is 0 Å². The standard InChI is InChI=1S/C13H17NO3/c1-2-12-9-14(7-8-17-12)11-5-3-10(4-6-11)13(15)16/h3-6,12H,2,7-9H2,1H3,(H,15,16). The van der Waals surface area contributed by atoms with Gasteiger partial charge in [-0.3, -0.25) is 0 Å². The molecule has 1 aliphatic rings. The Morgan fingerprint density at radius 3 is 2.76 bits per heavy atom. The van der Waals surface area contributed by atoms with Crippen LogP contribution in [0.4, 0.5) is 5.69 Å². The maximum atomic E-state index is 10.8. The molecule has 1 atom stereocenters. The van der Waals surface area contributed by atoms with Crippen LogP contribution in [0.25, 0.3) is 0 Å². The molecule has 0 saturated carbocycles. The van der Waals surface area contributed by atoms with Crippen LogP contribution in [0, 0.1) is 0 Å². The molecule has 1 unspecified atom stereocenters. The van der Waals surface area contributed by atoms with Gasteiger partial charge >= 0.3 is 5.97 Å². The third-order valence-electron chi connectivity index (χ3n) is 3.07. The number of carboxylic acid groups (broad SMARTS) is 1. The Bertz CT molecular complexity index is 388. The highest BCUT2D eigenvalue weighted by atomic mass is 16.5. The Morgan fingerprint density at radius 2 is 2.18 bits per heavy atom. The number of nitrogens with zero attached hydrogens (tertiary/aromatic N) is 1. The zero-order valence-corrected chi connectivity index (χ0v) is 9.93. The molecule has 17 heavy (non-hydrogen) atoms. The van der Waals surface area contributed by atoms with E-state index < -0.39 is 5.97 Å². The first-order valence-electron chi connectivity index (χ1n) is 5.90. The summed E-state index contributed by atoms with van der Waals surface area (Å²) in [6, 6.07) is 7.02. The van der Waals surface area contributed by atoms with Crippen molar-refractivity contribution < 1.29 is 14.6 Å². The quantitative estimate of drug-likeness (QED) is 0.870. The van der Waals surface area contributed by atoms with Gasteiger partial charge < -0.3 is 14.7 Å². The summed E-state index contributed by atoms with van der Waals surface area (Å²) in [5.41, 5.74) is 1.39. The summed E-state index contributed by atoms with van der Waals surface area (Å²) in [6.45, 7) is 4.59. The van der Waals surface area contributed by atoms with Gasteiger partial charge in [0.15, 0.2) is 0 Å². The first-order chi connectivity index (χ1) is 8.20. The van der Waals surface area contributed by atoms with Crippen LogP contribution in [0.1, 0.15) is 23.7 Å². The maximum Gasteiger partial charge on any atom is 0.335 e. The molecule has 1 heterocycles. The maximum absolute atomic E-state index is 10.8. The number of ether oxygens (including phenoxy) is 1. The summed E-state index contributed by atoms with van der Waals surface area (Å²) in [7, 11) is 0. The van der Waals surface area contributed by atoms with Crippen LogP contribution in [0.2, 0.25) is 0 Å². The van der Waals surface area contributed by atoms with Crippen LogP contribution in [-0.2, 0) is 4.74 Å². The van der Waals surface area contributed by atoms with E-state index in [1.165, 1.54) is 0 Å². The fraction of sp³-hybridized carbons (Fsp3) is 0.462. The van der Waals surface area contributed by atoms with Gasteiger partial charge in [-0.2, -0.15) is 0 Å². The van der Waals surface area contributed by atoms with Gasteiger partial charge in [0, 0.05) is 18.8 Å². The van der Waals surface area contributed by atoms with Crippen molar-refractivity contribution in [3.05, 3.63) is 29.8 Å². The van der Waals surface area contributed by atoms with Crippen molar-refractivity contribution in [1.82, 2.24) is 0 Å². The Hall–Kier alpha value is -1.55. The summed E-state index contributed by atoms with van der Waals surface area (Å²) in [5, 5.41) is 8.83. The summed E-state index contributed by atoms with van der Waals surface area (Å²) in [6.07, 6.45) is 1.28. The molecule has 0 spiro atoms. The number of benzene rings is 1. The lowest BCUT2D eigenvalue weighted by Gasteiger charge is -2.34. The van der Waals surface area contributed by atoms with Gasteiger partial charge in [-0.15, -0.1) is 0 Å². The highest BCUT2D eigenvalue weighted by molar-refractivity contribution is 5.88. The average molecular weight is 235 g/mol. The number of carboxylic acids is 1. The number of hydrogen-bond donors (Lipinski definition) is 1. The van der Waals surface area contributed by atoms with E-state index in [1.54, 1.807) is 12.1 Å². The van der Waals surface area contributed by atoms with Gasteiger partial charge in [0.1, 0.15) is 0 Å². The van der Waals surface area contributed by atoms with Crippen LogP contribution in [0.5, 0.6) is 0 Å². The van der Waals surface area contributed by atoms with Gasteiger partial charge in [0.05, 0.1) is 18.3 Å². The molecule has 0 bridgehead atoms. The second kappa shape index (κ2) is 5.19. The third-order valence-corrected chi connectivity index (χ3v) is 3.07. The molecule has 0 radical (unpaired) electrons. The van der Waals surface area contributed by atoms with Crippen LogP contribution in [-0.4, -0.2) is 36.9 Å². The van der Waals surface area contributed by atoms with Crippen molar-refractivity contribution in [2.45, 2.75) is 19.4 Å². The zero-order valence-electron chi connectivity index (χ0n) is 9.93. The van der Waals surface area contributed by atoms with Gasteiger partial charge in [-0.05, 0) is 30.7 Å². The molecule has 0 aliphatic carbocycles. The SMILES string of the molecule is CCC1CN(c2ccc(C(=O)O)cc2)CCO1. The fourth-order valence-corrected chi connectivity index (χ4v) is 2.02. The van der Waals surface area contributed by atoms with Crippen molar-refractivity contribution in [2.75, 3.05) is 24.6 Å². The highest BCUT2D eigenvalue weighted by Gasteiger charge is 2.19. The van der Waals surface area contributed by atoms with Crippen molar-refractivity contribution in [1.29, 1.82) is 0 Å². The molecule has 0 aromatic heterocycles. The molecule has 1 saturated heterocycles. The van der Waals surface area contributed by atoms with Crippen LogP contribution >= 0.6 is 0 Å². The molecule has 1 N–H and O–H groups in total. The molecule has 1 fully saturated rings. The van der Waals surface area contributed by atoms with Crippen molar-refractivity contribution >= 4 is 11.7 Å². The number of aromatic carboxylic acids is 1. The van der Waals surface area contributed by atoms with E-state index in [-0.39, 0.29) is 6.10 Å². The largest absolute Gasteiger partial charge is 0.478 e. The predicted molar refractivity (Wildman–Crippen MR) is 65.6 cm³/mol. The van der Waals surface area contributed by atoms with E-state index in [4.69, 9.17) is 9.84 Å². The molecule has 4 nitrogen and oxygen atoms in total. The van der Waals surface area contributed by atoms with E-state index >= 15 is 0 Å². The number of rotatable bonds is 3. The molecule has 1 aliphatic heterocycles. The lowest BCUT2D eigenvalue weighted by atomic mass is 10.1. The lowest BCUT2D eigenvalue weighted by Crippen LogP contribution is -2.42. The minimum atomic E-state index is -0.884. The second-order valence-electron chi connectivity index (χ2n) is 4.20. The first kappa shape index (κ1) is 11.9. The van der Waals surface area contributed by atoms with E-state index in [1.807, 2.05) is 12.1 Å². The minimum Gasteiger partial charge on any atom is -0.478 e. The summed E-state index contributed by atoms with van der Waals surface area (Å²) >= 11 is 0. The minimum absolute atomic E-state index is 0.280. The average Bonchev–Trinajstić information content (AvgIpc) is 2.39. The molecule has 1 aromatic rings. The van der Waals surface area contributed by atoms with Crippen LogP contribution in [0.3, 0.4) is 0 Å². The van der Waals surface area contributed by atoms with Crippen LogP contribution in [0.15, 0.2) is 24.3 Å². The Morgan fingerprint density at radius 1 is 1.47 bits per heavy atom. The molecular formula is C13H17NO3. The smallest absolute Gasteiger partial charge is 0.335 e. The molecular weight excluding hydrogens is 218 g/mol. The van der Waals surface area contributed by atoms with Crippen molar-refractivity contribution in [3.8, 4) is 0 Å². The Kier molecular flexibility index (Phi) is 3.64. The highest BCUT2D eigenvalue weighted by Crippen LogP contribution is 2.19. The predicted octanol–water partition coefficient (Wildman–Crippen LogP) is 2.00. The third kappa shape index (κ3) is 2.77. The van der Waals surface area contributed by atoms with Gasteiger partial charge in [-0.1, -0.05) is 6.92 Å². The van der Waals surface area contributed by atoms with Crippen LogP contribution < -0.4 is 4.90 Å². The fourth-order valence-electron chi connectivity index (χ4n) is 2.02. The van der Waals surface area contributed by atoms with Gasteiger partial charge in [-0.25, -0.2) is 4.79 Å². The molecule has 4 heteroatoms. The molecule has 2 rings (SSSR count). The molecule has 0 amide bonds. The first-order valence-corrected chi connectivity index (χ1v) is 5.90. The van der Waals surface area contributed by atoms with E-state index in [0.29, 0.717) is 5.56 Å². The summed E-state index contributed by atoms with van der Waals surface area (Å²) in [4.78, 5) is 13.0. The number of hydrogen-bond acceptors (Lipinski definition) is 3. The Balaban J connectivity index is 2.08. The number of morpholine rings is 1. The summed E-state index contributed by atoms with van der Waals surface area (Å²) in [5.74, 6) is -0.884. The van der Waals surface area contributed by atoms with E-state index in [2.05, 4.69) is 11.8 Å². The summed E-state index contributed by atoms with van der Waals surface area (Å²) < 4.78 is 5.61. The van der Waals surface area contributed by atoms with Gasteiger partial charge in [0.2, 0.25) is 0 Å². The molecule has 92 valence electrons. The second-order valence-corrected chi connectivity index (χ2v) is 4.20. The number of carbonyl (C=O) groups is 1. The Labute approximate surface area is 101 Å². The van der Waals surface area contributed by atoms with E-state index in [0.717, 1.165) is 31.8 Å².